The summed E-state index contributed by atoms with van der Waals surface area (Å²) in [6, 6.07) is 9.01. The molecule has 4 aromatic rings. The van der Waals surface area contributed by atoms with Crippen LogP contribution in [0.3, 0.4) is 0 Å². The van der Waals surface area contributed by atoms with Crippen LogP contribution in [0.2, 0.25) is 0 Å². The zero-order chi connectivity index (χ0) is 23.2. The highest BCUT2D eigenvalue weighted by Gasteiger charge is 2.23. The Kier molecular flexibility index (Phi) is 5.28. The van der Waals surface area contributed by atoms with Crippen molar-refractivity contribution in [3.05, 3.63) is 63.4 Å². The van der Waals surface area contributed by atoms with Crippen molar-refractivity contribution in [1.82, 2.24) is 15.3 Å². The average Bonchev–Trinajstić information content (AvgIpc) is 3.12. The Morgan fingerprint density at radius 1 is 1.22 bits per heavy atom. The number of carbonyl (C=O) groups is 1. The van der Waals surface area contributed by atoms with Gasteiger partial charge in [-0.1, -0.05) is 6.07 Å². The molecule has 7 nitrogen and oxygen atoms in total. The summed E-state index contributed by atoms with van der Waals surface area (Å²) in [6.07, 6.45) is 1.17. The minimum Gasteiger partial charge on any atom is -0.454 e. The molecule has 0 aliphatic rings. The van der Waals surface area contributed by atoms with Crippen LogP contribution in [0.4, 0.5) is 4.79 Å². The maximum atomic E-state index is 13.3. The molecular weight excluding hydrogens is 406 g/mol. The fourth-order valence-corrected chi connectivity index (χ4v) is 3.79. The molecule has 1 aromatic carbocycles. The lowest BCUT2D eigenvalue weighted by Gasteiger charge is -2.22. The van der Waals surface area contributed by atoms with E-state index in [1.165, 1.54) is 0 Å². The number of alkyl carbamates (subject to hydrolysis) is 1. The van der Waals surface area contributed by atoms with Crippen molar-refractivity contribution in [2.24, 2.45) is 0 Å². The van der Waals surface area contributed by atoms with Gasteiger partial charge in [0.1, 0.15) is 16.8 Å². The molecule has 4 rings (SSSR count). The molecule has 0 radical (unpaired) electrons. The second-order valence-corrected chi connectivity index (χ2v) is 9.11. The first-order chi connectivity index (χ1) is 15.0. The molecule has 0 bridgehead atoms. The minimum absolute atomic E-state index is 0.109. The Morgan fingerprint density at radius 3 is 2.66 bits per heavy atom. The number of aromatic nitrogens is 2. The Morgan fingerprint density at radius 2 is 1.97 bits per heavy atom. The van der Waals surface area contributed by atoms with E-state index in [2.05, 4.69) is 15.3 Å². The quantitative estimate of drug-likeness (QED) is 0.442. The third-order valence-electron chi connectivity index (χ3n) is 5.23. The second-order valence-electron chi connectivity index (χ2n) is 9.11. The van der Waals surface area contributed by atoms with Crippen LogP contribution >= 0.6 is 0 Å². The molecule has 0 aliphatic heterocycles. The maximum absolute atomic E-state index is 13.3. The molecule has 166 valence electrons. The van der Waals surface area contributed by atoms with Crippen LogP contribution in [0.1, 0.15) is 50.4 Å². The number of hydrogen-bond acceptors (Lipinski definition) is 5. The smallest absolute Gasteiger partial charge is 0.408 e. The number of benzene rings is 1. The molecule has 7 heteroatoms. The summed E-state index contributed by atoms with van der Waals surface area (Å²) >= 11 is 0. The van der Waals surface area contributed by atoms with Gasteiger partial charge in [0.15, 0.2) is 11.2 Å². The summed E-state index contributed by atoms with van der Waals surface area (Å²) in [5, 5.41) is 4.25. The lowest BCUT2D eigenvalue weighted by Crippen LogP contribution is -2.34. The molecule has 0 saturated carbocycles. The van der Waals surface area contributed by atoms with Crippen molar-refractivity contribution in [3.8, 4) is 11.5 Å². The summed E-state index contributed by atoms with van der Waals surface area (Å²) in [5.74, 6) is 0.454. The first kappa shape index (κ1) is 21.6. The van der Waals surface area contributed by atoms with E-state index in [1.54, 1.807) is 13.1 Å². The molecule has 3 heterocycles. The van der Waals surface area contributed by atoms with Crippen LogP contribution in [0.15, 0.2) is 45.7 Å². The van der Waals surface area contributed by atoms with Crippen molar-refractivity contribution in [2.75, 3.05) is 0 Å². The van der Waals surface area contributed by atoms with E-state index in [0.717, 1.165) is 10.9 Å². The van der Waals surface area contributed by atoms with Crippen molar-refractivity contribution in [2.45, 2.75) is 53.2 Å². The predicted molar refractivity (Wildman–Crippen MR) is 125 cm³/mol. The van der Waals surface area contributed by atoms with Gasteiger partial charge in [0.2, 0.25) is 0 Å². The predicted octanol–water partition coefficient (Wildman–Crippen LogP) is 5.54. The van der Waals surface area contributed by atoms with Gasteiger partial charge < -0.3 is 19.5 Å². The number of nitrogens with one attached hydrogen (secondary N) is 2. The van der Waals surface area contributed by atoms with E-state index < -0.39 is 17.7 Å². The van der Waals surface area contributed by atoms with Crippen LogP contribution in [0.5, 0.6) is 0 Å². The zero-order valence-electron chi connectivity index (χ0n) is 19.1. The van der Waals surface area contributed by atoms with E-state index in [9.17, 15) is 9.59 Å². The van der Waals surface area contributed by atoms with Gasteiger partial charge in [-0.15, -0.1) is 0 Å². The molecule has 1 atom stereocenters. The molecule has 0 unspecified atom stereocenters. The lowest BCUT2D eigenvalue weighted by molar-refractivity contribution is 0.0508. The number of H-pyrrole nitrogens is 1. The summed E-state index contributed by atoms with van der Waals surface area (Å²) < 4.78 is 11.7. The number of ether oxygens (including phenoxy) is 1. The molecule has 0 saturated heterocycles. The van der Waals surface area contributed by atoms with E-state index >= 15 is 0 Å². The van der Waals surface area contributed by atoms with Crippen LogP contribution < -0.4 is 10.7 Å². The first-order valence-corrected chi connectivity index (χ1v) is 10.5. The highest BCUT2D eigenvalue weighted by molar-refractivity contribution is 5.87. The number of nitrogens with zero attached hydrogens (tertiary/aromatic N) is 1. The Bertz CT molecular complexity index is 1360. The third-order valence-corrected chi connectivity index (χ3v) is 5.23. The van der Waals surface area contributed by atoms with Gasteiger partial charge in [0.05, 0.1) is 17.1 Å². The topological polar surface area (TPSA) is 97.2 Å². The van der Waals surface area contributed by atoms with Gasteiger partial charge in [-0.3, -0.25) is 4.79 Å². The Hall–Kier alpha value is -3.61. The van der Waals surface area contributed by atoms with Gasteiger partial charge in [-0.2, -0.15) is 0 Å². The standard InChI is InChI=1S/C25H27N3O4/c1-13-10-17(15(3)27-24(30)32-25(4,5)6)22-18(11-13)20(29)14(2)21(31-22)19-12-16-8-7-9-26-23(16)28-19/h7-12,15H,1-6H3,(H,26,28)(H,27,30)/t15-/m1/s1. The molecular formula is C25H27N3O4. The SMILES string of the molecule is Cc1cc([C@@H](C)NC(=O)OC(C)(C)C)c2oc(-c3cc4cccnc4[nH]3)c(C)c(=O)c2c1. The van der Waals surface area contributed by atoms with Crippen molar-refractivity contribution < 1.29 is 13.9 Å². The zero-order valence-corrected chi connectivity index (χ0v) is 19.1. The van der Waals surface area contributed by atoms with Crippen molar-refractivity contribution in [3.63, 3.8) is 0 Å². The Balaban J connectivity index is 1.85. The highest BCUT2D eigenvalue weighted by Crippen LogP contribution is 2.31. The van der Waals surface area contributed by atoms with Gasteiger partial charge in [-0.05, 0) is 71.4 Å². The molecule has 1 amide bonds. The number of carbonyl (C=O) groups excluding carboxylic acids is 1. The fraction of sp³-hybridized carbons (Fsp3) is 0.320. The number of rotatable bonds is 3. The summed E-state index contributed by atoms with van der Waals surface area (Å²) in [7, 11) is 0. The monoisotopic (exact) mass is 433 g/mol. The number of hydrogen-bond donors (Lipinski definition) is 2. The summed E-state index contributed by atoms with van der Waals surface area (Å²) in [6.45, 7) is 10.9. The van der Waals surface area contributed by atoms with E-state index in [0.29, 0.717) is 39.2 Å². The van der Waals surface area contributed by atoms with Gasteiger partial charge in [-0.25, -0.2) is 9.78 Å². The van der Waals surface area contributed by atoms with E-state index in [1.807, 2.05) is 65.0 Å². The Labute approximate surface area is 185 Å². The molecule has 0 aliphatic carbocycles. The second kappa shape index (κ2) is 7.82. The van der Waals surface area contributed by atoms with Crippen LogP contribution in [-0.4, -0.2) is 21.7 Å². The van der Waals surface area contributed by atoms with Crippen LogP contribution in [-0.2, 0) is 4.74 Å². The molecule has 2 N–H and O–H groups in total. The van der Waals surface area contributed by atoms with Crippen LogP contribution in [0.25, 0.3) is 33.5 Å². The molecule has 0 spiro atoms. The number of pyridine rings is 1. The first-order valence-electron chi connectivity index (χ1n) is 10.5. The molecule has 3 aromatic heterocycles. The number of fused-ring (bicyclic) bond motifs is 2. The highest BCUT2D eigenvalue weighted by atomic mass is 16.6. The van der Waals surface area contributed by atoms with Gasteiger partial charge >= 0.3 is 6.09 Å². The van der Waals surface area contributed by atoms with E-state index in [-0.39, 0.29) is 5.43 Å². The number of aryl methyl sites for hydroxylation is 1. The maximum Gasteiger partial charge on any atom is 0.408 e. The van der Waals surface area contributed by atoms with Gasteiger partial charge in [0, 0.05) is 22.7 Å². The summed E-state index contributed by atoms with van der Waals surface area (Å²) in [5.41, 5.74) is 3.23. The number of amides is 1. The summed E-state index contributed by atoms with van der Waals surface area (Å²) in [4.78, 5) is 33.2. The lowest BCUT2D eigenvalue weighted by atomic mass is 10.00. The largest absolute Gasteiger partial charge is 0.454 e. The van der Waals surface area contributed by atoms with Crippen LogP contribution in [0, 0.1) is 13.8 Å². The van der Waals surface area contributed by atoms with Crippen molar-refractivity contribution >= 4 is 28.1 Å². The average molecular weight is 434 g/mol. The third kappa shape index (κ3) is 4.10. The van der Waals surface area contributed by atoms with E-state index in [4.69, 9.17) is 9.15 Å². The number of aromatic amines is 1. The normalized spacial score (nSPS) is 12.8. The van der Waals surface area contributed by atoms with Gasteiger partial charge in [0.25, 0.3) is 0 Å². The van der Waals surface area contributed by atoms with Crippen molar-refractivity contribution in [1.29, 1.82) is 0 Å². The molecule has 0 fully saturated rings. The fourth-order valence-electron chi connectivity index (χ4n) is 3.79. The molecule has 32 heavy (non-hydrogen) atoms. The minimum atomic E-state index is -0.612.